The van der Waals surface area contributed by atoms with Crippen molar-refractivity contribution in [1.29, 1.82) is 0 Å². The summed E-state index contributed by atoms with van der Waals surface area (Å²) in [6.07, 6.45) is 5.71. The van der Waals surface area contributed by atoms with Gasteiger partial charge in [0.05, 0.1) is 0 Å². The van der Waals surface area contributed by atoms with E-state index in [1.54, 1.807) is 0 Å². The Morgan fingerprint density at radius 2 is 2.27 bits per heavy atom. The average molecular weight is 154 g/mol. The van der Waals surface area contributed by atoms with Crippen LogP contribution in [0.5, 0.6) is 0 Å². The fraction of sp³-hybridized carbons (Fsp3) is 1.00. The van der Waals surface area contributed by atoms with Gasteiger partial charge in [-0.15, -0.1) is 0 Å². The molecule has 0 aromatic heterocycles. The highest BCUT2D eigenvalue weighted by Gasteiger charge is 2.32. The molecule has 2 heteroatoms. The van der Waals surface area contributed by atoms with Crippen molar-refractivity contribution in [3.05, 3.63) is 0 Å². The number of hydrogen-bond acceptors (Lipinski definition) is 2. The molecule has 2 atom stereocenters. The van der Waals surface area contributed by atoms with Crippen molar-refractivity contribution in [2.45, 2.75) is 37.8 Å². The van der Waals surface area contributed by atoms with Gasteiger partial charge in [-0.25, -0.2) is 0 Å². The molecule has 0 aromatic carbocycles. The third-order valence-electron chi connectivity index (χ3n) is 3.17. The summed E-state index contributed by atoms with van der Waals surface area (Å²) >= 11 is 0. The van der Waals surface area contributed by atoms with E-state index in [0.717, 1.165) is 12.1 Å². The van der Waals surface area contributed by atoms with E-state index < -0.39 is 0 Å². The normalized spacial score (nSPS) is 39.0. The quantitative estimate of drug-likeness (QED) is 0.602. The van der Waals surface area contributed by atoms with E-state index in [-0.39, 0.29) is 0 Å². The van der Waals surface area contributed by atoms with Gasteiger partial charge in [0.15, 0.2) is 0 Å². The predicted octanol–water partition coefficient (Wildman–Crippen LogP) is 0.833. The van der Waals surface area contributed by atoms with Gasteiger partial charge in [-0.05, 0) is 32.9 Å². The van der Waals surface area contributed by atoms with Crippen LogP contribution in [0.25, 0.3) is 0 Å². The van der Waals surface area contributed by atoms with Crippen LogP contribution in [-0.4, -0.2) is 37.1 Å². The van der Waals surface area contributed by atoms with Crippen LogP contribution in [0.4, 0.5) is 0 Å². The summed E-state index contributed by atoms with van der Waals surface area (Å²) in [6, 6.07) is 1.69. The Balaban J connectivity index is 1.92. The lowest BCUT2D eigenvalue weighted by Crippen LogP contribution is -2.35. The molecule has 64 valence electrons. The van der Waals surface area contributed by atoms with Gasteiger partial charge in [-0.1, -0.05) is 6.42 Å². The molecule has 1 N–H and O–H groups in total. The van der Waals surface area contributed by atoms with Crippen molar-refractivity contribution in [2.75, 3.05) is 20.1 Å². The number of likely N-dealkylation sites (N-methyl/N-ethyl adjacent to an activating group) is 1. The molecule has 0 spiro atoms. The molecule has 0 aliphatic carbocycles. The molecule has 2 aliphatic heterocycles. The number of hydrogen-bond donors (Lipinski definition) is 1. The zero-order valence-electron chi connectivity index (χ0n) is 7.34. The largest absolute Gasteiger partial charge is 0.316 e. The lowest BCUT2D eigenvalue weighted by Gasteiger charge is -2.28. The molecule has 0 saturated carbocycles. The van der Waals surface area contributed by atoms with E-state index in [1.807, 2.05) is 0 Å². The second-order valence-electron chi connectivity index (χ2n) is 3.87. The summed E-state index contributed by atoms with van der Waals surface area (Å²) in [5.74, 6) is 0. The number of nitrogens with zero attached hydrogens (tertiary/aromatic N) is 1. The highest BCUT2D eigenvalue weighted by atomic mass is 15.2. The van der Waals surface area contributed by atoms with Crippen molar-refractivity contribution >= 4 is 0 Å². The second-order valence-corrected chi connectivity index (χ2v) is 3.87. The average Bonchev–Trinajstić information content (AvgIpc) is 2.46. The molecule has 2 unspecified atom stereocenters. The number of fused-ring (bicyclic) bond motifs is 1. The van der Waals surface area contributed by atoms with Crippen molar-refractivity contribution in [1.82, 2.24) is 10.2 Å². The SMILES string of the molecule is CNC1CC2CCCCN2C1. The zero-order chi connectivity index (χ0) is 7.68. The maximum absolute atomic E-state index is 3.38. The van der Waals surface area contributed by atoms with Crippen LogP contribution in [0, 0.1) is 0 Å². The summed E-state index contributed by atoms with van der Waals surface area (Å²) in [5, 5.41) is 3.38. The van der Waals surface area contributed by atoms with Gasteiger partial charge >= 0.3 is 0 Å². The second kappa shape index (κ2) is 3.11. The maximum Gasteiger partial charge on any atom is 0.0207 e. The Morgan fingerprint density at radius 3 is 3.00 bits per heavy atom. The third kappa shape index (κ3) is 1.42. The lowest BCUT2D eigenvalue weighted by atomic mass is 10.0. The summed E-state index contributed by atoms with van der Waals surface area (Å²) in [7, 11) is 2.09. The van der Waals surface area contributed by atoms with Gasteiger partial charge in [0, 0.05) is 18.6 Å². The van der Waals surface area contributed by atoms with Crippen LogP contribution in [0.3, 0.4) is 0 Å². The molecule has 2 nitrogen and oxygen atoms in total. The van der Waals surface area contributed by atoms with Gasteiger partial charge < -0.3 is 5.32 Å². The maximum atomic E-state index is 3.38. The van der Waals surface area contributed by atoms with Crippen LogP contribution in [0.2, 0.25) is 0 Å². The van der Waals surface area contributed by atoms with Crippen LogP contribution in [-0.2, 0) is 0 Å². The van der Waals surface area contributed by atoms with Crippen molar-refractivity contribution in [3.63, 3.8) is 0 Å². The smallest absolute Gasteiger partial charge is 0.0207 e. The van der Waals surface area contributed by atoms with Crippen LogP contribution < -0.4 is 5.32 Å². The Labute approximate surface area is 69.0 Å². The molecule has 0 bridgehead atoms. The van der Waals surface area contributed by atoms with Gasteiger partial charge in [0.25, 0.3) is 0 Å². The minimum absolute atomic E-state index is 0.776. The molecular formula is C9H18N2. The van der Waals surface area contributed by atoms with Crippen molar-refractivity contribution < 1.29 is 0 Å². The first-order valence-corrected chi connectivity index (χ1v) is 4.81. The Morgan fingerprint density at radius 1 is 1.36 bits per heavy atom. The summed E-state index contributed by atoms with van der Waals surface area (Å²) < 4.78 is 0. The molecular weight excluding hydrogens is 136 g/mol. The molecule has 2 heterocycles. The standard InChI is InChI=1S/C9H18N2/c1-10-8-6-9-4-2-3-5-11(9)7-8/h8-10H,2-7H2,1H3. The van der Waals surface area contributed by atoms with E-state index in [1.165, 1.54) is 38.8 Å². The highest BCUT2D eigenvalue weighted by Crippen LogP contribution is 2.26. The Bertz CT molecular complexity index is 122. The van der Waals surface area contributed by atoms with Gasteiger partial charge in [-0.3, -0.25) is 4.90 Å². The summed E-state index contributed by atoms with van der Waals surface area (Å²) in [5.41, 5.74) is 0. The zero-order valence-corrected chi connectivity index (χ0v) is 7.34. The molecule has 2 rings (SSSR count). The minimum Gasteiger partial charge on any atom is -0.316 e. The molecule has 2 fully saturated rings. The highest BCUT2D eigenvalue weighted by molar-refractivity contribution is 4.90. The minimum atomic E-state index is 0.776. The van der Waals surface area contributed by atoms with Crippen molar-refractivity contribution in [2.24, 2.45) is 0 Å². The fourth-order valence-corrected chi connectivity index (χ4v) is 2.46. The molecule has 2 aliphatic rings. The van der Waals surface area contributed by atoms with Crippen molar-refractivity contribution in [3.8, 4) is 0 Å². The first kappa shape index (κ1) is 7.56. The lowest BCUT2D eigenvalue weighted by molar-refractivity contribution is 0.197. The molecule has 0 amide bonds. The number of piperidine rings is 1. The van der Waals surface area contributed by atoms with E-state index in [4.69, 9.17) is 0 Å². The van der Waals surface area contributed by atoms with E-state index in [9.17, 15) is 0 Å². The van der Waals surface area contributed by atoms with Crippen LogP contribution >= 0.6 is 0 Å². The van der Waals surface area contributed by atoms with E-state index in [0.29, 0.717) is 0 Å². The van der Waals surface area contributed by atoms with Gasteiger partial charge in [-0.2, -0.15) is 0 Å². The van der Waals surface area contributed by atoms with Crippen LogP contribution in [0.15, 0.2) is 0 Å². The predicted molar refractivity (Wildman–Crippen MR) is 46.7 cm³/mol. The monoisotopic (exact) mass is 154 g/mol. The molecule has 0 aromatic rings. The van der Waals surface area contributed by atoms with Gasteiger partial charge in [0.1, 0.15) is 0 Å². The molecule has 0 radical (unpaired) electrons. The third-order valence-corrected chi connectivity index (χ3v) is 3.17. The van der Waals surface area contributed by atoms with Crippen LogP contribution in [0.1, 0.15) is 25.7 Å². The van der Waals surface area contributed by atoms with Gasteiger partial charge in [0.2, 0.25) is 0 Å². The number of nitrogens with one attached hydrogen (secondary N) is 1. The number of rotatable bonds is 1. The Kier molecular flexibility index (Phi) is 2.14. The summed E-state index contributed by atoms with van der Waals surface area (Å²) in [4.78, 5) is 2.66. The fourth-order valence-electron chi connectivity index (χ4n) is 2.46. The first-order chi connectivity index (χ1) is 5.40. The Hall–Kier alpha value is -0.0800. The van der Waals surface area contributed by atoms with E-state index >= 15 is 0 Å². The topological polar surface area (TPSA) is 15.3 Å². The molecule has 11 heavy (non-hydrogen) atoms. The van der Waals surface area contributed by atoms with E-state index in [2.05, 4.69) is 17.3 Å². The molecule has 2 saturated heterocycles. The first-order valence-electron chi connectivity index (χ1n) is 4.81. The summed E-state index contributed by atoms with van der Waals surface area (Å²) in [6.45, 7) is 2.64.